The number of halogens is 2. The summed E-state index contributed by atoms with van der Waals surface area (Å²) in [6, 6.07) is 21.4. The zero-order chi connectivity index (χ0) is 37.6. The maximum Gasteiger partial charge on any atom is 0.307 e. The Morgan fingerprint density at radius 2 is 1.13 bits per heavy atom. The van der Waals surface area contributed by atoms with Gasteiger partial charge in [0.15, 0.2) is 11.6 Å². The Kier molecular flexibility index (Phi) is 13.1. The van der Waals surface area contributed by atoms with E-state index in [9.17, 15) is 24.3 Å². The van der Waals surface area contributed by atoms with E-state index in [0.29, 0.717) is 33.0 Å². The zero-order valence-electron chi connectivity index (χ0n) is 30.9. The highest BCUT2D eigenvalue weighted by molar-refractivity contribution is 6.42. The summed E-state index contributed by atoms with van der Waals surface area (Å²) in [4.78, 5) is 53.8. The molecule has 2 aliphatic carbocycles. The number of piperidine rings is 1. The molecule has 2 unspecified atom stereocenters. The van der Waals surface area contributed by atoms with Crippen LogP contribution in [0.1, 0.15) is 127 Å². The maximum absolute atomic E-state index is 14.5. The molecule has 9 heteroatoms. The van der Waals surface area contributed by atoms with Crippen LogP contribution in [0.15, 0.2) is 66.7 Å². The van der Waals surface area contributed by atoms with Gasteiger partial charge in [-0.05, 0) is 131 Å². The lowest BCUT2D eigenvalue weighted by Crippen LogP contribution is -2.51. The number of aliphatic carboxylic acids is 1. The van der Waals surface area contributed by atoms with Gasteiger partial charge in [0.2, 0.25) is 5.91 Å². The monoisotopic (exact) mass is 758 g/mol. The predicted octanol–water partition coefficient (Wildman–Crippen LogP) is 9.74. The number of ketones is 2. The van der Waals surface area contributed by atoms with E-state index >= 15 is 0 Å². The lowest BCUT2D eigenvalue weighted by Gasteiger charge is -2.41. The number of carboxylic acids is 1. The van der Waals surface area contributed by atoms with Crippen molar-refractivity contribution in [2.24, 2.45) is 23.7 Å². The highest BCUT2D eigenvalue weighted by atomic mass is 35.5. The van der Waals surface area contributed by atoms with Crippen molar-refractivity contribution in [1.82, 2.24) is 10.2 Å². The number of carboxylic acid groups (broad SMARTS) is 1. The van der Waals surface area contributed by atoms with Gasteiger partial charge >= 0.3 is 5.97 Å². The van der Waals surface area contributed by atoms with Crippen molar-refractivity contribution < 1.29 is 24.3 Å². The minimum absolute atomic E-state index is 0.00524. The second-order valence-corrected chi connectivity index (χ2v) is 16.6. The fraction of sp³-hybridized carbons (Fsp3) is 0.500. The summed E-state index contributed by atoms with van der Waals surface area (Å²) >= 11 is 12.4. The normalized spacial score (nSPS) is 23.8. The summed E-state index contributed by atoms with van der Waals surface area (Å²) in [5, 5.41) is 15.4. The third kappa shape index (κ3) is 9.78. The standard InChI is InChI=1S/C44H52Cl2N2O5/c1-27(49)30-4-8-32(9-5-30)34-12-16-36(17-13-34)41(43(51)47-38-21-23-48(24-22-38)26-29-3-20-39(45)40(46)25-29)42(44(52)53)37-18-14-35(15-19-37)33-10-6-31(7-11-33)28(2)50/h3-11,20,25,34-38,41-42H,12-19,21-24,26H2,1-2H3,(H,47,51)(H,52,53). The number of likely N-dealkylation sites (tertiary alicyclic amines) is 1. The number of rotatable bonds is 12. The first-order valence-corrected chi connectivity index (χ1v) is 20.1. The van der Waals surface area contributed by atoms with E-state index in [1.54, 1.807) is 13.8 Å². The number of benzene rings is 3. The summed E-state index contributed by atoms with van der Waals surface area (Å²) in [5.74, 6) is -1.68. The lowest BCUT2D eigenvalue weighted by molar-refractivity contribution is -0.153. The van der Waals surface area contributed by atoms with Gasteiger partial charge in [-0.1, -0.05) is 77.8 Å². The van der Waals surface area contributed by atoms with Gasteiger partial charge in [0.1, 0.15) is 0 Å². The van der Waals surface area contributed by atoms with Crippen LogP contribution < -0.4 is 5.32 Å². The molecule has 0 aromatic heterocycles. The van der Waals surface area contributed by atoms with Crippen molar-refractivity contribution >= 4 is 46.6 Å². The number of carbonyl (C=O) groups is 4. The number of hydrogen-bond acceptors (Lipinski definition) is 5. The largest absolute Gasteiger partial charge is 0.481 e. The molecule has 2 saturated carbocycles. The van der Waals surface area contributed by atoms with Crippen molar-refractivity contribution in [2.45, 2.75) is 102 Å². The molecule has 2 N–H and O–H groups in total. The van der Waals surface area contributed by atoms with Gasteiger partial charge in [0.25, 0.3) is 0 Å². The van der Waals surface area contributed by atoms with Crippen molar-refractivity contribution in [1.29, 1.82) is 0 Å². The van der Waals surface area contributed by atoms with Crippen LogP contribution in [-0.2, 0) is 16.1 Å². The van der Waals surface area contributed by atoms with Crippen LogP contribution in [0.25, 0.3) is 0 Å². The van der Waals surface area contributed by atoms with Crippen molar-refractivity contribution in [3.63, 3.8) is 0 Å². The van der Waals surface area contributed by atoms with E-state index in [2.05, 4.69) is 10.2 Å². The maximum atomic E-state index is 14.5. The number of amides is 1. The molecule has 53 heavy (non-hydrogen) atoms. The first-order chi connectivity index (χ1) is 25.5. The smallest absolute Gasteiger partial charge is 0.307 e. The predicted molar refractivity (Wildman–Crippen MR) is 210 cm³/mol. The molecule has 3 aliphatic rings. The fourth-order valence-corrected chi connectivity index (χ4v) is 9.67. The Labute approximate surface area is 323 Å². The molecule has 6 rings (SSSR count). The summed E-state index contributed by atoms with van der Waals surface area (Å²) in [7, 11) is 0. The summed E-state index contributed by atoms with van der Waals surface area (Å²) in [6.07, 6.45) is 8.19. The number of nitrogens with zero attached hydrogens (tertiary/aromatic N) is 1. The Morgan fingerprint density at radius 3 is 1.57 bits per heavy atom. The van der Waals surface area contributed by atoms with Crippen LogP contribution in [0, 0.1) is 23.7 Å². The lowest BCUT2D eigenvalue weighted by atomic mass is 9.63. The molecule has 1 amide bonds. The molecular formula is C44H52Cl2N2O5. The quantitative estimate of drug-likeness (QED) is 0.178. The molecule has 3 fully saturated rings. The van der Waals surface area contributed by atoms with Gasteiger partial charge in [0, 0.05) is 36.8 Å². The molecule has 0 radical (unpaired) electrons. The van der Waals surface area contributed by atoms with Crippen LogP contribution in [0.5, 0.6) is 0 Å². The van der Waals surface area contributed by atoms with E-state index in [4.69, 9.17) is 23.2 Å². The van der Waals surface area contributed by atoms with Crippen molar-refractivity contribution in [3.8, 4) is 0 Å². The van der Waals surface area contributed by atoms with Gasteiger partial charge in [-0.3, -0.25) is 24.1 Å². The average molecular weight is 760 g/mol. The Hall–Kier alpha value is -3.52. The highest BCUT2D eigenvalue weighted by Crippen LogP contribution is 2.47. The number of hydrogen-bond donors (Lipinski definition) is 2. The molecule has 1 saturated heterocycles. The molecule has 0 bridgehead atoms. The Balaban J connectivity index is 1.14. The van der Waals surface area contributed by atoms with E-state index in [1.165, 1.54) is 11.1 Å². The summed E-state index contributed by atoms with van der Waals surface area (Å²) < 4.78 is 0. The zero-order valence-corrected chi connectivity index (χ0v) is 32.4. The minimum Gasteiger partial charge on any atom is -0.481 e. The molecule has 3 aromatic rings. The second-order valence-electron chi connectivity index (χ2n) is 15.8. The van der Waals surface area contributed by atoms with Crippen LogP contribution in [0.4, 0.5) is 0 Å². The van der Waals surface area contributed by atoms with Crippen LogP contribution in [0.3, 0.4) is 0 Å². The molecule has 0 spiro atoms. The first kappa shape index (κ1) is 39.2. The highest BCUT2D eigenvalue weighted by Gasteiger charge is 2.46. The molecule has 282 valence electrons. The van der Waals surface area contributed by atoms with Crippen molar-refractivity contribution in [2.75, 3.05) is 13.1 Å². The van der Waals surface area contributed by atoms with Crippen LogP contribution in [-0.4, -0.2) is 52.6 Å². The van der Waals surface area contributed by atoms with E-state index in [0.717, 1.165) is 89.4 Å². The van der Waals surface area contributed by atoms with E-state index < -0.39 is 17.8 Å². The topological polar surface area (TPSA) is 104 Å². The molecular weight excluding hydrogens is 707 g/mol. The van der Waals surface area contributed by atoms with Crippen molar-refractivity contribution in [3.05, 3.63) is 105 Å². The number of carbonyl (C=O) groups excluding carboxylic acids is 3. The van der Waals surface area contributed by atoms with E-state index in [-0.39, 0.29) is 35.4 Å². The molecule has 7 nitrogen and oxygen atoms in total. The van der Waals surface area contributed by atoms with Gasteiger partial charge in [-0.2, -0.15) is 0 Å². The van der Waals surface area contributed by atoms with Crippen LogP contribution >= 0.6 is 23.2 Å². The third-order valence-electron chi connectivity index (χ3n) is 12.4. The Bertz CT molecular complexity index is 1750. The molecule has 2 atom stereocenters. The first-order valence-electron chi connectivity index (χ1n) is 19.4. The SMILES string of the molecule is CC(=O)c1ccc(C2CCC(C(C(=O)O)C(C(=O)NC3CCN(Cc4ccc(Cl)c(Cl)c4)CC3)C3CCC(c4ccc(C(C)=O)cc4)CC3)CC2)cc1. The summed E-state index contributed by atoms with van der Waals surface area (Å²) in [6.45, 7) is 5.54. The molecule has 3 aromatic carbocycles. The second kappa shape index (κ2) is 17.7. The number of nitrogens with one attached hydrogen (secondary N) is 1. The Morgan fingerprint density at radius 1 is 0.660 bits per heavy atom. The fourth-order valence-electron chi connectivity index (χ4n) is 9.35. The van der Waals surface area contributed by atoms with Gasteiger partial charge in [-0.25, -0.2) is 0 Å². The van der Waals surface area contributed by atoms with Gasteiger partial charge < -0.3 is 10.4 Å². The third-order valence-corrected chi connectivity index (χ3v) is 13.2. The summed E-state index contributed by atoms with van der Waals surface area (Å²) in [5.41, 5.74) is 4.88. The van der Waals surface area contributed by atoms with Gasteiger partial charge in [-0.15, -0.1) is 0 Å². The van der Waals surface area contributed by atoms with Gasteiger partial charge in [0.05, 0.1) is 21.9 Å². The van der Waals surface area contributed by atoms with E-state index in [1.807, 2.05) is 66.7 Å². The molecule has 1 aliphatic heterocycles. The molecule has 1 heterocycles. The minimum atomic E-state index is -0.863. The van der Waals surface area contributed by atoms with Crippen LogP contribution in [0.2, 0.25) is 10.0 Å². The number of Topliss-reactive ketones (excluding diaryl/α,β-unsaturated/α-hetero) is 2. The average Bonchev–Trinajstić information content (AvgIpc) is 3.16.